The minimum atomic E-state index is 0.244. The highest BCUT2D eigenvalue weighted by molar-refractivity contribution is 7.07. The maximum atomic E-state index is 4.51. The quantitative estimate of drug-likeness (QED) is 0.873. The lowest BCUT2D eigenvalue weighted by molar-refractivity contribution is 0.867. The van der Waals surface area contributed by atoms with E-state index in [-0.39, 0.29) is 6.04 Å². The largest absolute Gasteiger partial charge is 0.370 e. The molecule has 2 aromatic rings. The van der Waals surface area contributed by atoms with Crippen LogP contribution in [0.3, 0.4) is 0 Å². The monoisotopic (exact) mass is 276 g/mol. The van der Waals surface area contributed by atoms with Gasteiger partial charge in [0.25, 0.3) is 0 Å². The van der Waals surface area contributed by atoms with Crippen molar-refractivity contribution in [2.75, 3.05) is 17.2 Å². The number of rotatable bonds is 5. The Morgan fingerprint density at radius 2 is 2.00 bits per heavy atom. The number of thiophene rings is 1. The van der Waals surface area contributed by atoms with Crippen molar-refractivity contribution in [1.82, 2.24) is 9.97 Å². The summed E-state index contributed by atoms with van der Waals surface area (Å²) in [5.74, 6) is 2.60. The van der Waals surface area contributed by atoms with Crippen molar-refractivity contribution < 1.29 is 0 Å². The van der Waals surface area contributed by atoms with E-state index in [1.807, 2.05) is 13.8 Å². The first kappa shape index (κ1) is 13.8. The van der Waals surface area contributed by atoms with E-state index in [1.54, 1.807) is 11.3 Å². The van der Waals surface area contributed by atoms with Gasteiger partial charge in [-0.3, -0.25) is 0 Å². The van der Waals surface area contributed by atoms with Crippen molar-refractivity contribution in [1.29, 1.82) is 0 Å². The maximum Gasteiger partial charge on any atom is 0.135 e. The van der Waals surface area contributed by atoms with Crippen molar-refractivity contribution in [2.45, 2.75) is 33.7 Å². The predicted octanol–water partition coefficient (Wildman–Crippen LogP) is 3.76. The van der Waals surface area contributed by atoms with Gasteiger partial charge in [0, 0.05) is 12.1 Å². The van der Waals surface area contributed by atoms with Crippen molar-refractivity contribution in [3.63, 3.8) is 0 Å². The number of aryl methyl sites for hydroxylation is 1. The number of aromatic nitrogens is 2. The van der Waals surface area contributed by atoms with Crippen LogP contribution in [0.5, 0.6) is 0 Å². The van der Waals surface area contributed by atoms with Crippen LogP contribution in [0.4, 0.5) is 11.6 Å². The Labute approximate surface area is 118 Å². The summed E-state index contributed by atoms with van der Waals surface area (Å²) in [5, 5.41) is 11.0. The fourth-order valence-corrected chi connectivity index (χ4v) is 2.67. The summed E-state index contributed by atoms with van der Waals surface area (Å²) >= 11 is 1.71. The number of hydrogen-bond acceptors (Lipinski definition) is 5. The Kier molecular flexibility index (Phi) is 4.37. The lowest BCUT2D eigenvalue weighted by Crippen LogP contribution is -2.12. The molecule has 4 nitrogen and oxygen atoms in total. The van der Waals surface area contributed by atoms with Crippen LogP contribution >= 0.6 is 11.3 Å². The Hall–Kier alpha value is -1.62. The van der Waals surface area contributed by atoms with Crippen LogP contribution in [0.2, 0.25) is 0 Å². The molecule has 19 heavy (non-hydrogen) atoms. The van der Waals surface area contributed by atoms with Crippen LogP contribution in [0.25, 0.3) is 0 Å². The van der Waals surface area contributed by atoms with E-state index in [4.69, 9.17) is 0 Å². The SMILES string of the molecule is CCNc1nc(C)nc(NC(C)c2ccsc2)c1C. The molecule has 2 heterocycles. The van der Waals surface area contributed by atoms with E-state index in [0.717, 1.165) is 29.6 Å². The summed E-state index contributed by atoms with van der Waals surface area (Å²) in [5.41, 5.74) is 2.35. The number of nitrogens with one attached hydrogen (secondary N) is 2. The van der Waals surface area contributed by atoms with Gasteiger partial charge in [0.2, 0.25) is 0 Å². The molecular formula is C14H20N4S. The molecule has 0 aliphatic rings. The first-order chi connectivity index (χ1) is 9.11. The second-order valence-corrected chi connectivity index (χ2v) is 5.33. The van der Waals surface area contributed by atoms with Gasteiger partial charge in [-0.25, -0.2) is 9.97 Å². The van der Waals surface area contributed by atoms with Crippen LogP contribution < -0.4 is 10.6 Å². The van der Waals surface area contributed by atoms with Gasteiger partial charge >= 0.3 is 0 Å². The van der Waals surface area contributed by atoms with Gasteiger partial charge in [0.15, 0.2) is 0 Å². The molecular weight excluding hydrogens is 256 g/mol. The topological polar surface area (TPSA) is 49.8 Å². The van der Waals surface area contributed by atoms with Crippen molar-refractivity contribution in [2.24, 2.45) is 0 Å². The molecule has 2 aromatic heterocycles. The van der Waals surface area contributed by atoms with E-state index in [0.29, 0.717) is 0 Å². The highest BCUT2D eigenvalue weighted by atomic mass is 32.1. The zero-order chi connectivity index (χ0) is 13.8. The van der Waals surface area contributed by atoms with Crippen molar-refractivity contribution >= 4 is 23.0 Å². The number of hydrogen-bond donors (Lipinski definition) is 2. The second-order valence-electron chi connectivity index (χ2n) is 4.55. The minimum absolute atomic E-state index is 0.244. The summed E-state index contributed by atoms with van der Waals surface area (Å²) in [6, 6.07) is 2.38. The van der Waals surface area contributed by atoms with Crippen molar-refractivity contribution in [3.8, 4) is 0 Å². The molecule has 0 aliphatic carbocycles. The zero-order valence-corrected chi connectivity index (χ0v) is 12.6. The third kappa shape index (κ3) is 3.23. The van der Waals surface area contributed by atoms with E-state index in [2.05, 4.69) is 51.3 Å². The summed E-state index contributed by atoms with van der Waals surface area (Å²) in [6.45, 7) is 9.03. The van der Waals surface area contributed by atoms with Gasteiger partial charge in [-0.2, -0.15) is 11.3 Å². The Balaban J connectivity index is 2.24. The van der Waals surface area contributed by atoms with Gasteiger partial charge in [0.05, 0.1) is 6.04 Å². The molecule has 5 heteroatoms. The number of anilines is 2. The first-order valence-corrected chi connectivity index (χ1v) is 7.43. The van der Waals surface area contributed by atoms with Crippen LogP contribution in [-0.2, 0) is 0 Å². The van der Waals surface area contributed by atoms with Crippen LogP contribution in [0.1, 0.15) is 36.8 Å². The predicted molar refractivity (Wildman–Crippen MR) is 82.0 cm³/mol. The van der Waals surface area contributed by atoms with E-state index in [9.17, 15) is 0 Å². The molecule has 2 N–H and O–H groups in total. The Bertz CT molecular complexity index is 537. The molecule has 1 unspecified atom stereocenters. The Morgan fingerprint density at radius 3 is 2.63 bits per heavy atom. The molecule has 0 aromatic carbocycles. The van der Waals surface area contributed by atoms with Crippen molar-refractivity contribution in [3.05, 3.63) is 33.8 Å². The standard InChI is InChI=1S/C14H20N4S/c1-5-15-13-9(2)14(18-11(4)17-13)16-10(3)12-6-7-19-8-12/h6-8,10H,5H2,1-4H3,(H2,15,16,17,18). The molecule has 1 atom stereocenters. The molecule has 0 amide bonds. The molecule has 0 saturated heterocycles. The molecule has 102 valence electrons. The fraction of sp³-hybridized carbons (Fsp3) is 0.429. The van der Waals surface area contributed by atoms with Gasteiger partial charge < -0.3 is 10.6 Å². The molecule has 0 fully saturated rings. The molecule has 0 bridgehead atoms. The van der Waals surface area contributed by atoms with Gasteiger partial charge in [-0.05, 0) is 50.1 Å². The average Bonchev–Trinajstić information content (AvgIpc) is 2.89. The fourth-order valence-electron chi connectivity index (χ4n) is 1.92. The van der Waals surface area contributed by atoms with Crippen LogP contribution in [-0.4, -0.2) is 16.5 Å². The maximum absolute atomic E-state index is 4.51. The van der Waals surface area contributed by atoms with Crippen LogP contribution in [0, 0.1) is 13.8 Å². The van der Waals surface area contributed by atoms with E-state index >= 15 is 0 Å². The summed E-state index contributed by atoms with van der Waals surface area (Å²) < 4.78 is 0. The normalized spacial score (nSPS) is 12.2. The van der Waals surface area contributed by atoms with E-state index < -0.39 is 0 Å². The lowest BCUT2D eigenvalue weighted by atomic mass is 10.2. The lowest BCUT2D eigenvalue weighted by Gasteiger charge is -2.17. The number of nitrogens with zero attached hydrogens (tertiary/aromatic N) is 2. The van der Waals surface area contributed by atoms with Gasteiger partial charge in [-0.15, -0.1) is 0 Å². The summed E-state index contributed by atoms with van der Waals surface area (Å²) in [7, 11) is 0. The average molecular weight is 276 g/mol. The molecule has 0 radical (unpaired) electrons. The van der Waals surface area contributed by atoms with Gasteiger partial charge in [0.1, 0.15) is 17.5 Å². The highest BCUT2D eigenvalue weighted by Crippen LogP contribution is 2.25. The Morgan fingerprint density at radius 1 is 1.26 bits per heavy atom. The third-order valence-electron chi connectivity index (χ3n) is 3.00. The van der Waals surface area contributed by atoms with Gasteiger partial charge in [-0.1, -0.05) is 0 Å². The molecule has 0 spiro atoms. The third-order valence-corrected chi connectivity index (χ3v) is 3.70. The smallest absolute Gasteiger partial charge is 0.135 e. The molecule has 0 saturated carbocycles. The summed E-state index contributed by atoms with van der Waals surface area (Å²) in [6.07, 6.45) is 0. The minimum Gasteiger partial charge on any atom is -0.370 e. The molecule has 2 rings (SSSR count). The summed E-state index contributed by atoms with van der Waals surface area (Å²) in [4.78, 5) is 8.94. The first-order valence-electron chi connectivity index (χ1n) is 6.49. The molecule has 0 aliphatic heterocycles. The van der Waals surface area contributed by atoms with E-state index in [1.165, 1.54) is 5.56 Å². The highest BCUT2D eigenvalue weighted by Gasteiger charge is 2.12. The second kappa shape index (κ2) is 6.02. The van der Waals surface area contributed by atoms with Crippen LogP contribution in [0.15, 0.2) is 16.8 Å². The zero-order valence-electron chi connectivity index (χ0n) is 11.8.